The van der Waals surface area contributed by atoms with E-state index in [1.165, 1.54) is 4.88 Å². The minimum atomic E-state index is 0.526. The van der Waals surface area contributed by atoms with E-state index in [0.29, 0.717) is 12.4 Å². The van der Waals surface area contributed by atoms with Gasteiger partial charge in [-0.05, 0) is 18.6 Å². The predicted octanol–water partition coefficient (Wildman–Crippen LogP) is 2.29. The smallest absolute Gasteiger partial charge is 0.128 e. The molecular weight excluding hydrogens is 220 g/mol. The molecule has 0 saturated carbocycles. The van der Waals surface area contributed by atoms with Crippen LogP contribution in [0.15, 0.2) is 24.4 Å². The molecule has 0 atom stereocenters. The Morgan fingerprint density at radius 1 is 1.44 bits per heavy atom. The van der Waals surface area contributed by atoms with Gasteiger partial charge < -0.3 is 11.1 Å². The molecule has 84 valence electrons. The van der Waals surface area contributed by atoms with Gasteiger partial charge in [-0.2, -0.15) is 0 Å². The molecule has 0 amide bonds. The van der Waals surface area contributed by atoms with Gasteiger partial charge in [0.2, 0.25) is 0 Å². The fourth-order valence-corrected chi connectivity index (χ4v) is 2.11. The number of pyridine rings is 1. The van der Waals surface area contributed by atoms with Crippen LogP contribution in [0.1, 0.15) is 16.8 Å². The molecule has 16 heavy (non-hydrogen) atoms. The molecule has 0 aliphatic heterocycles. The van der Waals surface area contributed by atoms with Crippen LogP contribution in [0.4, 0.5) is 11.6 Å². The van der Waals surface area contributed by atoms with Gasteiger partial charge in [0.15, 0.2) is 0 Å². The maximum absolute atomic E-state index is 5.59. The van der Waals surface area contributed by atoms with E-state index in [1.54, 1.807) is 17.4 Å². The maximum atomic E-state index is 5.59. The monoisotopic (exact) mass is 234 g/mol. The summed E-state index contributed by atoms with van der Waals surface area (Å²) >= 11 is 1.72. The Labute approximate surface area is 98.6 Å². The average molecular weight is 234 g/mol. The molecule has 0 spiro atoms. The van der Waals surface area contributed by atoms with E-state index in [0.717, 1.165) is 17.2 Å². The van der Waals surface area contributed by atoms with Crippen LogP contribution in [0.25, 0.3) is 0 Å². The number of anilines is 2. The molecule has 3 N–H and O–H groups in total. The quantitative estimate of drug-likeness (QED) is 0.852. The second kappa shape index (κ2) is 4.94. The summed E-state index contributed by atoms with van der Waals surface area (Å²) in [5.41, 5.74) is 5.59. The largest absolute Gasteiger partial charge is 0.384 e. The molecule has 2 heterocycles. The third kappa shape index (κ3) is 2.70. The normalized spacial score (nSPS) is 10.3. The highest BCUT2D eigenvalue weighted by Crippen LogP contribution is 2.15. The van der Waals surface area contributed by atoms with Gasteiger partial charge in [-0.3, -0.25) is 0 Å². The van der Waals surface area contributed by atoms with Gasteiger partial charge in [0, 0.05) is 11.1 Å². The molecule has 0 saturated heterocycles. The number of aryl methyl sites for hydroxylation is 1. The van der Waals surface area contributed by atoms with E-state index in [9.17, 15) is 0 Å². The molecule has 2 aromatic heterocycles. The summed E-state index contributed by atoms with van der Waals surface area (Å²) in [6.45, 7) is 2.82. The molecule has 0 fully saturated rings. The first kappa shape index (κ1) is 10.9. The van der Waals surface area contributed by atoms with Gasteiger partial charge in [0.25, 0.3) is 0 Å². The van der Waals surface area contributed by atoms with E-state index in [-0.39, 0.29) is 0 Å². The van der Waals surface area contributed by atoms with Crippen molar-refractivity contribution in [3.63, 3.8) is 0 Å². The van der Waals surface area contributed by atoms with Crippen LogP contribution in [0.5, 0.6) is 0 Å². The zero-order valence-corrected chi connectivity index (χ0v) is 9.92. The lowest BCUT2D eigenvalue weighted by Gasteiger charge is -2.03. The van der Waals surface area contributed by atoms with Gasteiger partial charge >= 0.3 is 0 Å². The van der Waals surface area contributed by atoms with Gasteiger partial charge in [-0.15, -0.1) is 11.3 Å². The summed E-state index contributed by atoms with van der Waals surface area (Å²) in [6.07, 6.45) is 2.96. The number of aromatic nitrogens is 2. The average Bonchev–Trinajstić information content (AvgIpc) is 2.74. The highest BCUT2D eigenvalue weighted by Gasteiger charge is 2.00. The number of thiazole rings is 1. The molecule has 0 bridgehead atoms. The molecule has 0 aliphatic carbocycles. The van der Waals surface area contributed by atoms with Crippen LogP contribution < -0.4 is 11.1 Å². The summed E-state index contributed by atoms with van der Waals surface area (Å²) in [5.74, 6) is 1.31. The van der Waals surface area contributed by atoms with Crippen molar-refractivity contribution in [2.45, 2.75) is 19.9 Å². The molecule has 0 aromatic carbocycles. The Balaban J connectivity index is 1.96. The number of nitrogens with two attached hydrogens (primary N) is 1. The second-order valence-corrected chi connectivity index (χ2v) is 4.57. The molecule has 4 nitrogen and oxygen atoms in total. The standard InChI is InChI=1S/C11H14N4S/c1-2-8-6-14-11(16-8)7-13-10-5-3-4-9(12)15-10/h3-6H,2,7H2,1H3,(H3,12,13,15). The summed E-state index contributed by atoms with van der Waals surface area (Å²) in [6, 6.07) is 5.54. The van der Waals surface area contributed by atoms with Crippen molar-refractivity contribution in [1.29, 1.82) is 0 Å². The Morgan fingerprint density at radius 3 is 3.00 bits per heavy atom. The summed E-state index contributed by atoms with van der Waals surface area (Å²) < 4.78 is 0. The van der Waals surface area contributed by atoms with Crippen molar-refractivity contribution >= 4 is 23.0 Å². The summed E-state index contributed by atoms with van der Waals surface area (Å²) in [7, 11) is 0. The van der Waals surface area contributed by atoms with Gasteiger partial charge in [-0.25, -0.2) is 9.97 Å². The van der Waals surface area contributed by atoms with Crippen LogP contribution in [-0.2, 0) is 13.0 Å². The first-order valence-corrected chi connectivity index (χ1v) is 5.99. The van der Waals surface area contributed by atoms with Gasteiger partial charge in [0.1, 0.15) is 16.6 Å². The fourth-order valence-electron chi connectivity index (χ4n) is 1.31. The van der Waals surface area contributed by atoms with Gasteiger partial charge in [0.05, 0.1) is 6.54 Å². The minimum Gasteiger partial charge on any atom is -0.384 e. The van der Waals surface area contributed by atoms with Crippen LogP contribution in [0, 0.1) is 0 Å². The summed E-state index contributed by atoms with van der Waals surface area (Å²) in [4.78, 5) is 9.78. The molecule has 0 aliphatic rings. The zero-order chi connectivity index (χ0) is 11.4. The van der Waals surface area contributed by atoms with Crippen molar-refractivity contribution in [2.24, 2.45) is 0 Å². The van der Waals surface area contributed by atoms with E-state index in [1.807, 2.05) is 18.3 Å². The Bertz CT molecular complexity index is 467. The second-order valence-electron chi connectivity index (χ2n) is 3.38. The minimum absolute atomic E-state index is 0.526. The molecule has 2 aromatic rings. The summed E-state index contributed by atoms with van der Waals surface area (Å²) in [5, 5.41) is 4.27. The number of nitrogens with zero attached hydrogens (tertiary/aromatic N) is 2. The van der Waals surface area contributed by atoms with Crippen LogP contribution in [-0.4, -0.2) is 9.97 Å². The van der Waals surface area contributed by atoms with E-state index in [4.69, 9.17) is 5.73 Å². The van der Waals surface area contributed by atoms with Crippen molar-refractivity contribution in [2.75, 3.05) is 11.1 Å². The van der Waals surface area contributed by atoms with E-state index >= 15 is 0 Å². The molecule has 2 rings (SSSR count). The Kier molecular flexibility index (Phi) is 3.36. The number of rotatable bonds is 4. The molecular formula is C11H14N4S. The molecule has 5 heteroatoms. The lowest BCUT2D eigenvalue weighted by Crippen LogP contribution is -2.02. The van der Waals surface area contributed by atoms with E-state index in [2.05, 4.69) is 22.2 Å². The third-order valence-corrected chi connectivity index (χ3v) is 3.28. The number of nitrogens with one attached hydrogen (secondary N) is 1. The first-order valence-electron chi connectivity index (χ1n) is 5.18. The topological polar surface area (TPSA) is 63.8 Å². The van der Waals surface area contributed by atoms with Crippen molar-refractivity contribution in [3.05, 3.63) is 34.3 Å². The lowest BCUT2D eigenvalue weighted by atomic mass is 10.4. The lowest BCUT2D eigenvalue weighted by molar-refractivity contribution is 1.07. The molecule has 0 unspecified atom stereocenters. The highest BCUT2D eigenvalue weighted by molar-refractivity contribution is 7.11. The van der Waals surface area contributed by atoms with Crippen molar-refractivity contribution in [3.8, 4) is 0 Å². The highest BCUT2D eigenvalue weighted by atomic mass is 32.1. The number of hydrogen-bond donors (Lipinski definition) is 2. The first-order chi connectivity index (χ1) is 7.78. The van der Waals surface area contributed by atoms with Crippen LogP contribution >= 0.6 is 11.3 Å². The third-order valence-electron chi connectivity index (χ3n) is 2.14. The van der Waals surface area contributed by atoms with Gasteiger partial charge in [-0.1, -0.05) is 13.0 Å². The van der Waals surface area contributed by atoms with E-state index < -0.39 is 0 Å². The Hall–Kier alpha value is -1.62. The SMILES string of the molecule is CCc1cnc(CNc2cccc(N)n2)s1. The Morgan fingerprint density at radius 2 is 2.31 bits per heavy atom. The number of nitrogen functional groups attached to an aromatic ring is 1. The van der Waals surface area contributed by atoms with Crippen molar-refractivity contribution < 1.29 is 0 Å². The van der Waals surface area contributed by atoms with Crippen LogP contribution in [0.3, 0.4) is 0 Å². The van der Waals surface area contributed by atoms with Crippen molar-refractivity contribution in [1.82, 2.24) is 9.97 Å². The zero-order valence-electron chi connectivity index (χ0n) is 9.10. The predicted molar refractivity (Wildman–Crippen MR) is 67.5 cm³/mol. The molecule has 0 radical (unpaired) electrons. The number of hydrogen-bond acceptors (Lipinski definition) is 5. The maximum Gasteiger partial charge on any atom is 0.128 e. The van der Waals surface area contributed by atoms with Crippen LogP contribution in [0.2, 0.25) is 0 Å². The fraction of sp³-hybridized carbons (Fsp3) is 0.273.